The van der Waals surface area contributed by atoms with E-state index in [4.69, 9.17) is 16.0 Å². The zero-order valence-corrected chi connectivity index (χ0v) is 10.0. The van der Waals surface area contributed by atoms with Crippen molar-refractivity contribution in [2.75, 3.05) is 11.9 Å². The normalized spacial score (nSPS) is 10.4. The van der Waals surface area contributed by atoms with Crippen LogP contribution in [0, 0.1) is 6.92 Å². The van der Waals surface area contributed by atoms with E-state index in [9.17, 15) is 0 Å². The molecule has 2 aromatic heterocycles. The lowest BCUT2D eigenvalue weighted by atomic mass is 10.2. The third kappa shape index (κ3) is 2.36. The van der Waals surface area contributed by atoms with Gasteiger partial charge in [-0.2, -0.15) is 0 Å². The molecule has 0 amide bonds. The molecule has 2 rings (SSSR count). The molecule has 0 unspecified atom stereocenters. The fourth-order valence-electron chi connectivity index (χ4n) is 1.55. The van der Waals surface area contributed by atoms with Crippen LogP contribution in [0.25, 0.3) is 0 Å². The van der Waals surface area contributed by atoms with Gasteiger partial charge in [-0.1, -0.05) is 11.6 Å². The molecule has 0 aromatic carbocycles. The van der Waals surface area contributed by atoms with Gasteiger partial charge in [-0.15, -0.1) is 0 Å². The Labute approximate surface area is 99.7 Å². The molecule has 16 heavy (non-hydrogen) atoms. The van der Waals surface area contributed by atoms with E-state index in [2.05, 4.69) is 9.88 Å². The van der Waals surface area contributed by atoms with E-state index >= 15 is 0 Å². The van der Waals surface area contributed by atoms with Crippen molar-refractivity contribution in [3.8, 4) is 0 Å². The highest BCUT2D eigenvalue weighted by Crippen LogP contribution is 2.19. The predicted octanol–water partition coefficient (Wildman–Crippen LogP) is 3.27. The second-order valence-corrected chi connectivity index (χ2v) is 4.08. The van der Waals surface area contributed by atoms with Crippen LogP contribution < -0.4 is 4.90 Å². The summed E-state index contributed by atoms with van der Waals surface area (Å²) < 4.78 is 5.26. The van der Waals surface area contributed by atoms with Crippen molar-refractivity contribution >= 4 is 17.3 Å². The lowest BCUT2D eigenvalue weighted by Crippen LogP contribution is -2.16. The summed E-state index contributed by atoms with van der Waals surface area (Å²) in [6.07, 6.45) is 3.41. The monoisotopic (exact) mass is 236 g/mol. The van der Waals surface area contributed by atoms with Gasteiger partial charge in [-0.05, 0) is 25.1 Å². The average Bonchev–Trinajstić information content (AvgIpc) is 2.64. The molecule has 3 nitrogen and oxygen atoms in total. The van der Waals surface area contributed by atoms with Gasteiger partial charge < -0.3 is 9.32 Å². The van der Waals surface area contributed by atoms with Gasteiger partial charge in [-0.3, -0.25) is 0 Å². The van der Waals surface area contributed by atoms with Gasteiger partial charge in [0.25, 0.3) is 0 Å². The van der Waals surface area contributed by atoms with Crippen LogP contribution in [-0.2, 0) is 6.54 Å². The third-order valence-electron chi connectivity index (χ3n) is 2.52. The molecule has 0 fully saturated rings. The molecule has 0 saturated heterocycles. The molecule has 0 N–H and O–H groups in total. The quantitative estimate of drug-likeness (QED) is 0.766. The van der Waals surface area contributed by atoms with Crippen molar-refractivity contribution in [1.82, 2.24) is 4.98 Å². The van der Waals surface area contributed by atoms with Crippen molar-refractivity contribution in [2.24, 2.45) is 0 Å². The van der Waals surface area contributed by atoms with Crippen LogP contribution in [0.5, 0.6) is 0 Å². The topological polar surface area (TPSA) is 29.3 Å². The molecule has 0 bridgehead atoms. The molecule has 0 saturated carbocycles. The van der Waals surface area contributed by atoms with Crippen LogP contribution in [0.15, 0.2) is 35.1 Å². The zero-order valence-electron chi connectivity index (χ0n) is 9.27. The maximum absolute atomic E-state index is 5.85. The van der Waals surface area contributed by atoms with E-state index in [0.717, 1.165) is 18.0 Å². The van der Waals surface area contributed by atoms with Crippen molar-refractivity contribution in [2.45, 2.75) is 13.5 Å². The molecule has 0 spiro atoms. The van der Waals surface area contributed by atoms with Crippen LogP contribution in [-0.4, -0.2) is 12.0 Å². The van der Waals surface area contributed by atoms with Crippen LogP contribution in [0.4, 0.5) is 5.69 Å². The first-order valence-corrected chi connectivity index (χ1v) is 5.40. The van der Waals surface area contributed by atoms with E-state index in [0.29, 0.717) is 5.15 Å². The van der Waals surface area contributed by atoms with Crippen LogP contribution >= 0.6 is 11.6 Å². The summed E-state index contributed by atoms with van der Waals surface area (Å²) in [5.41, 5.74) is 2.22. The molecule has 2 aromatic rings. The Morgan fingerprint density at radius 1 is 1.44 bits per heavy atom. The average molecular weight is 237 g/mol. The molecule has 0 radical (unpaired) electrons. The number of hydrogen-bond donors (Lipinski definition) is 0. The maximum atomic E-state index is 5.85. The summed E-state index contributed by atoms with van der Waals surface area (Å²) in [4.78, 5) is 6.06. The number of rotatable bonds is 3. The first-order chi connectivity index (χ1) is 7.66. The Kier molecular flexibility index (Phi) is 3.15. The summed E-state index contributed by atoms with van der Waals surface area (Å²) >= 11 is 5.85. The lowest BCUT2D eigenvalue weighted by molar-refractivity contribution is 0.529. The van der Waals surface area contributed by atoms with Crippen LogP contribution in [0.3, 0.4) is 0 Å². The number of anilines is 1. The molecular weight excluding hydrogens is 224 g/mol. The third-order valence-corrected chi connectivity index (χ3v) is 2.73. The first kappa shape index (κ1) is 11.0. The van der Waals surface area contributed by atoms with Gasteiger partial charge in [-0.25, -0.2) is 4.98 Å². The van der Waals surface area contributed by atoms with Crippen LogP contribution in [0.2, 0.25) is 5.15 Å². The van der Waals surface area contributed by atoms with Gasteiger partial charge in [0.1, 0.15) is 10.9 Å². The van der Waals surface area contributed by atoms with Gasteiger partial charge >= 0.3 is 0 Å². The van der Waals surface area contributed by atoms with E-state index in [1.807, 2.05) is 32.2 Å². The van der Waals surface area contributed by atoms with E-state index in [-0.39, 0.29) is 0 Å². The molecule has 2 heterocycles. The number of pyridine rings is 1. The molecule has 0 aliphatic rings. The van der Waals surface area contributed by atoms with Crippen molar-refractivity contribution in [3.63, 3.8) is 0 Å². The Hall–Kier alpha value is -1.48. The van der Waals surface area contributed by atoms with Crippen molar-refractivity contribution < 1.29 is 4.42 Å². The zero-order chi connectivity index (χ0) is 11.5. The van der Waals surface area contributed by atoms with Crippen molar-refractivity contribution in [1.29, 1.82) is 0 Å². The summed E-state index contributed by atoms with van der Waals surface area (Å²) in [5.74, 6) is 0.951. The van der Waals surface area contributed by atoms with E-state index in [1.54, 1.807) is 12.5 Å². The van der Waals surface area contributed by atoms with E-state index in [1.165, 1.54) is 5.56 Å². The number of aromatic nitrogens is 1. The smallest absolute Gasteiger partial charge is 0.131 e. The maximum Gasteiger partial charge on any atom is 0.131 e. The minimum absolute atomic E-state index is 0.508. The van der Waals surface area contributed by atoms with Crippen molar-refractivity contribution in [3.05, 3.63) is 47.1 Å². The van der Waals surface area contributed by atoms with Gasteiger partial charge in [0.05, 0.1) is 6.26 Å². The largest absolute Gasteiger partial charge is 0.469 e. The fraction of sp³-hybridized carbons (Fsp3) is 0.250. The minimum Gasteiger partial charge on any atom is -0.469 e. The van der Waals surface area contributed by atoms with E-state index < -0.39 is 0 Å². The second kappa shape index (κ2) is 4.58. The predicted molar refractivity (Wildman–Crippen MR) is 64.8 cm³/mol. The lowest BCUT2D eigenvalue weighted by Gasteiger charge is -2.18. The highest BCUT2D eigenvalue weighted by molar-refractivity contribution is 6.29. The Balaban J connectivity index is 2.14. The van der Waals surface area contributed by atoms with Crippen LogP contribution in [0.1, 0.15) is 11.3 Å². The molecular formula is C12H13ClN2O. The minimum atomic E-state index is 0.508. The molecule has 4 heteroatoms. The Morgan fingerprint density at radius 3 is 2.88 bits per heavy atom. The standard InChI is InChI=1S/C12H13ClN2O/c1-9-10(4-6-16-9)8-15(2)11-3-5-14-12(13)7-11/h3-7H,8H2,1-2H3. The number of aryl methyl sites for hydroxylation is 1. The summed E-state index contributed by atoms with van der Waals surface area (Å²) in [6.45, 7) is 2.76. The highest BCUT2D eigenvalue weighted by atomic mass is 35.5. The number of nitrogens with zero attached hydrogens (tertiary/aromatic N) is 2. The molecule has 0 aliphatic heterocycles. The first-order valence-electron chi connectivity index (χ1n) is 5.02. The second-order valence-electron chi connectivity index (χ2n) is 3.69. The number of hydrogen-bond acceptors (Lipinski definition) is 3. The molecule has 0 aliphatic carbocycles. The van der Waals surface area contributed by atoms with Gasteiger partial charge in [0.2, 0.25) is 0 Å². The molecule has 84 valence electrons. The number of halogens is 1. The number of furan rings is 1. The molecule has 0 atom stereocenters. The Bertz CT molecular complexity index is 481. The van der Waals surface area contributed by atoms with Gasteiger partial charge in [0.15, 0.2) is 0 Å². The fourth-order valence-corrected chi connectivity index (χ4v) is 1.72. The SMILES string of the molecule is Cc1occc1CN(C)c1ccnc(Cl)c1. The Morgan fingerprint density at radius 2 is 2.25 bits per heavy atom. The summed E-state index contributed by atoms with van der Waals surface area (Å²) in [5, 5.41) is 0.508. The summed E-state index contributed by atoms with van der Waals surface area (Å²) in [6, 6.07) is 5.76. The highest BCUT2D eigenvalue weighted by Gasteiger charge is 2.06. The summed E-state index contributed by atoms with van der Waals surface area (Å²) in [7, 11) is 2.01. The van der Waals surface area contributed by atoms with Gasteiger partial charge in [0, 0.05) is 31.0 Å².